The lowest BCUT2D eigenvalue weighted by Crippen LogP contribution is -2.63. The van der Waals surface area contributed by atoms with Gasteiger partial charge in [-0.15, -0.1) is 0 Å². The largest absolute Gasteiger partial charge is 0.497 e. The average Bonchev–Trinajstić information content (AvgIpc) is 2.58. The molecule has 6 nitrogen and oxygen atoms in total. The molecule has 9 heteroatoms. The van der Waals surface area contributed by atoms with E-state index in [4.69, 9.17) is 14.2 Å². The van der Waals surface area contributed by atoms with Crippen LogP contribution in [0.3, 0.4) is 0 Å². The van der Waals surface area contributed by atoms with E-state index in [9.17, 15) is 23.1 Å². The number of nitrogens with zero attached hydrogens (tertiary/aromatic N) is 1. The number of carbonyl (C=O) groups excluding carboxylic acids is 1. The number of methoxy groups -OCH3 is 1. The zero-order valence-electron chi connectivity index (χ0n) is 16.9. The molecule has 2 unspecified atom stereocenters. The smallest absolute Gasteiger partial charge is 0.416 e. The summed E-state index contributed by atoms with van der Waals surface area (Å²) in [6, 6.07) is 2.23. The van der Waals surface area contributed by atoms with Gasteiger partial charge in [0.05, 0.1) is 43.6 Å². The number of alkyl halides is 3. The molecule has 3 rings (SSSR count). The van der Waals surface area contributed by atoms with E-state index in [0.717, 1.165) is 12.1 Å². The molecule has 1 aromatic rings. The van der Waals surface area contributed by atoms with Crippen LogP contribution in [0.5, 0.6) is 5.75 Å². The van der Waals surface area contributed by atoms with Crippen LogP contribution in [0, 0.1) is 0 Å². The molecule has 1 N–H and O–H groups in total. The number of ether oxygens (including phenoxy) is 3. The molecule has 2 atom stereocenters. The van der Waals surface area contributed by atoms with E-state index in [1.54, 1.807) is 25.7 Å². The van der Waals surface area contributed by atoms with Crippen LogP contribution in [0.25, 0.3) is 0 Å². The first kappa shape index (κ1) is 21.7. The van der Waals surface area contributed by atoms with E-state index in [-0.39, 0.29) is 37.4 Å². The van der Waals surface area contributed by atoms with Crippen LogP contribution in [-0.4, -0.2) is 54.1 Å². The Balaban J connectivity index is 1.93. The normalized spacial score (nSPS) is 27.5. The molecule has 2 aliphatic heterocycles. The second kappa shape index (κ2) is 7.36. The highest BCUT2D eigenvalue weighted by Gasteiger charge is 2.50. The van der Waals surface area contributed by atoms with Crippen LogP contribution in [0.1, 0.15) is 44.7 Å². The number of rotatable bonds is 2. The van der Waals surface area contributed by atoms with Crippen molar-refractivity contribution in [3.05, 3.63) is 29.3 Å². The van der Waals surface area contributed by atoms with Crippen LogP contribution in [0.4, 0.5) is 18.0 Å². The Labute approximate surface area is 167 Å². The highest BCUT2D eigenvalue weighted by molar-refractivity contribution is 5.69. The molecule has 0 aliphatic carbocycles. The van der Waals surface area contributed by atoms with Gasteiger partial charge in [0.25, 0.3) is 0 Å². The number of aliphatic hydroxyl groups is 1. The van der Waals surface area contributed by atoms with Gasteiger partial charge in [-0.2, -0.15) is 13.2 Å². The van der Waals surface area contributed by atoms with Gasteiger partial charge in [0.15, 0.2) is 0 Å². The number of benzene rings is 1. The fourth-order valence-corrected chi connectivity index (χ4v) is 3.97. The van der Waals surface area contributed by atoms with Gasteiger partial charge in [0.1, 0.15) is 11.4 Å². The molecule has 162 valence electrons. The molecule has 2 aliphatic rings. The van der Waals surface area contributed by atoms with Crippen LogP contribution in [-0.2, 0) is 21.3 Å². The lowest BCUT2D eigenvalue weighted by atomic mass is 9.76. The molecule has 0 saturated carbocycles. The summed E-state index contributed by atoms with van der Waals surface area (Å²) in [5.74, 6) is 0.0132. The zero-order chi connectivity index (χ0) is 21.6. The number of carbonyl (C=O) groups is 1. The van der Waals surface area contributed by atoms with Crippen LogP contribution in [0.2, 0.25) is 0 Å². The van der Waals surface area contributed by atoms with Crippen molar-refractivity contribution in [2.24, 2.45) is 0 Å². The maximum absolute atomic E-state index is 13.3. The van der Waals surface area contributed by atoms with E-state index in [2.05, 4.69) is 0 Å². The number of morpholine rings is 1. The third kappa shape index (κ3) is 4.61. The fourth-order valence-electron chi connectivity index (χ4n) is 3.97. The van der Waals surface area contributed by atoms with Crippen molar-refractivity contribution in [3.63, 3.8) is 0 Å². The Morgan fingerprint density at radius 1 is 1.17 bits per heavy atom. The molecule has 0 radical (unpaired) electrons. The summed E-state index contributed by atoms with van der Waals surface area (Å²) in [4.78, 5) is 14.2. The van der Waals surface area contributed by atoms with Crippen molar-refractivity contribution < 1.29 is 37.3 Å². The number of hydrogen-bond acceptors (Lipinski definition) is 5. The fraction of sp³-hybridized carbons (Fsp3) is 0.650. The highest BCUT2D eigenvalue weighted by atomic mass is 19.4. The minimum atomic E-state index is -4.57. The third-order valence-corrected chi connectivity index (χ3v) is 5.17. The summed E-state index contributed by atoms with van der Waals surface area (Å²) < 4.78 is 55.9. The summed E-state index contributed by atoms with van der Waals surface area (Å²) in [6.45, 7) is 5.62. The summed E-state index contributed by atoms with van der Waals surface area (Å²) in [5, 5.41) is 11.3. The molecule has 2 fully saturated rings. The van der Waals surface area contributed by atoms with E-state index >= 15 is 0 Å². The lowest BCUT2D eigenvalue weighted by molar-refractivity contribution is -0.143. The molecule has 1 amide bonds. The van der Waals surface area contributed by atoms with Gasteiger partial charge in [0, 0.05) is 12.8 Å². The summed E-state index contributed by atoms with van der Waals surface area (Å²) in [6.07, 6.45) is -5.02. The van der Waals surface area contributed by atoms with Gasteiger partial charge in [-0.05, 0) is 44.5 Å². The van der Waals surface area contributed by atoms with E-state index in [1.165, 1.54) is 13.2 Å². The van der Waals surface area contributed by atoms with Crippen LogP contribution >= 0.6 is 0 Å². The molecule has 0 spiro atoms. The van der Waals surface area contributed by atoms with Crippen molar-refractivity contribution in [3.8, 4) is 5.75 Å². The number of hydrogen-bond donors (Lipinski definition) is 1. The maximum Gasteiger partial charge on any atom is 0.416 e. The average molecular weight is 417 g/mol. The molecular weight excluding hydrogens is 391 g/mol. The van der Waals surface area contributed by atoms with E-state index in [0.29, 0.717) is 0 Å². The molecule has 2 heterocycles. The Morgan fingerprint density at radius 2 is 1.76 bits per heavy atom. The second-order valence-electron chi connectivity index (χ2n) is 8.62. The molecule has 2 saturated heterocycles. The van der Waals surface area contributed by atoms with Gasteiger partial charge >= 0.3 is 12.3 Å². The minimum absolute atomic E-state index is 0.0132. The molecule has 29 heavy (non-hydrogen) atoms. The van der Waals surface area contributed by atoms with Gasteiger partial charge in [0.2, 0.25) is 0 Å². The first-order valence-corrected chi connectivity index (χ1v) is 9.40. The minimum Gasteiger partial charge on any atom is -0.497 e. The number of fused-ring (bicyclic) bond motifs is 2. The van der Waals surface area contributed by atoms with Crippen molar-refractivity contribution in [2.75, 3.05) is 20.3 Å². The first-order chi connectivity index (χ1) is 13.3. The van der Waals surface area contributed by atoms with Gasteiger partial charge in [-0.1, -0.05) is 0 Å². The van der Waals surface area contributed by atoms with Crippen molar-refractivity contribution in [1.82, 2.24) is 4.90 Å². The van der Waals surface area contributed by atoms with E-state index in [1.807, 2.05) is 0 Å². The number of piperidine rings is 1. The Kier molecular flexibility index (Phi) is 5.51. The van der Waals surface area contributed by atoms with Crippen molar-refractivity contribution >= 4 is 6.09 Å². The van der Waals surface area contributed by atoms with Crippen molar-refractivity contribution in [2.45, 2.75) is 63.1 Å². The predicted octanol–water partition coefficient (Wildman–Crippen LogP) is 3.70. The zero-order valence-corrected chi connectivity index (χ0v) is 16.9. The van der Waals surface area contributed by atoms with Gasteiger partial charge < -0.3 is 19.3 Å². The van der Waals surface area contributed by atoms with Gasteiger partial charge in [-0.3, -0.25) is 4.90 Å². The standard InChI is InChI=1S/C20H26F3NO5/c1-18(2,3)29-17(25)24-14-8-19(26,9-15(24)11-28-10-14)12-5-13(20(21,22)23)7-16(6-12)27-4/h5-7,14-15,26H,8-11H2,1-4H3. The predicted molar refractivity (Wildman–Crippen MR) is 97.6 cm³/mol. The Bertz CT molecular complexity index is 760. The maximum atomic E-state index is 13.3. The first-order valence-electron chi connectivity index (χ1n) is 9.40. The number of amides is 1. The molecule has 1 aromatic carbocycles. The summed E-state index contributed by atoms with van der Waals surface area (Å²) >= 11 is 0. The SMILES string of the molecule is COc1cc(C(F)(F)F)cc(C2(O)CC3COCC(C2)N3C(=O)OC(C)(C)C)c1. The molecule has 0 aromatic heterocycles. The van der Waals surface area contributed by atoms with Crippen LogP contribution < -0.4 is 4.74 Å². The molecule has 2 bridgehead atoms. The summed E-state index contributed by atoms with van der Waals surface area (Å²) in [5.41, 5.74) is -3.01. The monoisotopic (exact) mass is 417 g/mol. The summed E-state index contributed by atoms with van der Waals surface area (Å²) in [7, 11) is 1.27. The lowest BCUT2D eigenvalue weighted by Gasteiger charge is -2.51. The quantitative estimate of drug-likeness (QED) is 0.795. The third-order valence-electron chi connectivity index (χ3n) is 5.17. The van der Waals surface area contributed by atoms with E-state index < -0.39 is 41.1 Å². The Hall–Kier alpha value is -2.00. The highest BCUT2D eigenvalue weighted by Crippen LogP contribution is 2.44. The second-order valence-corrected chi connectivity index (χ2v) is 8.62. The van der Waals surface area contributed by atoms with Crippen molar-refractivity contribution in [1.29, 1.82) is 0 Å². The number of halogens is 3. The van der Waals surface area contributed by atoms with Crippen LogP contribution in [0.15, 0.2) is 18.2 Å². The molecular formula is C20H26F3NO5. The topological polar surface area (TPSA) is 68.2 Å². The Morgan fingerprint density at radius 3 is 2.24 bits per heavy atom. The van der Waals surface area contributed by atoms with Gasteiger partial charge in [-0.25, -0.2) is 4.79 Å².